The lowest BCUT2D eigenvalue weighted by Gasteiger charge is -2.38. The Morgan fingerprint density at radius 3 is 1.56 bits per heavy atom. The normalized spacial score (nSPS) is 10.8. The van der Waals surface area contributed by atoms with Gasteiger partial charge in [-0.25, -0.2) is 0 Å². The number of halogens is 1. The lowest BCUT2D eigenvalue weighted by Crippen LogP contribution is -3.00. The number of nitrogens with zero attached hydrogens (tertiary/aromatic N) is 1. The van der Waals surface area contributed by atoms with Crippen LogP contribution in [0.1, 0.15) is 15.9 Å². The van der Waals surface area contributed by atoms with Gasteiger partial charge in [0.15, 0.2) is 0 Å². The molecule has 0 saturated heterocycles. The minimum atomic E-state index is -0.0421. The highest BCUT2D eigenvalue weighted by atomic mass is 35.5. The van der Waals surface area contributed by atoms with E-state index < -0.39 is 0 Å². The molecule has 4 heteroatoms. The van der Waals surface area contributed by atoms with Gasteiger partial charge in [0.2, 0.25) is 0 Å². The fourth-order valence-electron chi connectivity index (χ4n) is 4.04. The number of hydrogen-bond acceptors (Lipinski definition) is 1. The maximum absolute atomic E-state index is 12.6. The largest absolute Gasteiger partial charge is 1.00 e. The molecule has 162 valence electrons. The van der Waals surface area contributed by atoms with Gasteiger partial charge in [0, 0.05) is 11.1 Å². The number of carbonyl (C=O) groups is 1. The van der Waals surface area contributed by atoms with E-state index in [1.807, 2.05) is 48.5 Å². The van der Waals surface area contributed by atoms with Crippen LogP contribution in [-0.2, 0) is 6.54 Å². The Morgan fingerprint density at radius 2 is 1.06 bits per heavy atom. The van der Waals surface area contributed by atoms with E-state index in [-0.39, 0.29) is 18.3 Å². The van der Waals surface area contributed by atoms with Gasteiger partial charge in [-0.15, -0.1) is 0 Å². The van der Waals surface area contributed by atoms with E-state index in [0.717, 1.165) is 13.1 Å². The Labute approximate surface area is 196 Å². The number of nitrogens with one attached hydrogen (secondary N) is 1. The standard InChI is InChI=1S/C28H26N2O.ClH/c31-28(25-15-7-2-8-16-25)29-21-22-30(26-17-9-3-10-18-26,27-19-11-4-12-20-27)23-24-13-5-1-6-14-24;/h1-20H,21-23H2;1H. The number of quaternary nitrogens is 1. The molecule has 1 amide bonds. The highest BCUT2D eigenvalue weighted by Crippen LogP contribution is 2.36. The number of rotatable bonds is 8. The molecule has 0 aliphatic carbocycles. The van der Waals surface area contributed by atoms with Crippen molar-refractivity contribution in [2.75, 3.05) is 13.1 Å². The second-order valence-electron chi connectivity index (χ2n) is 7.63. The van der Waals surface area contributed by atoms with Crippen LogP contribution in [0.15, 0.2) is 121 Å². The summed E-state index contributed by atoms with van der Waals surface area (Å²) in [6.07, 6.45) is 0. The predicted molar refractivity (Wildman–Crippen MR) is 128 cm³/mol. The van der Waals surface area contributed by atoms with Crippen molar-refractivity contribution in [3.8, 4) is 0 Å². The van der Waals surface area contributed by atoms with E-state index in [1.54, 1.807) is 0 Å². The van der Waals surface area contributed by atoms with Gasteiger partial charge in [-0.05, 0) is 36.4 Å². The summed E-state index contributed by atoms with van der Waals surface area (Å²) < 4.78 is 0.626. The maximum atomic E-state index is 12.6. The van der Waals surface area contributed by atoms with Gasteiger partial charge < -0.3 is 17.7 Å². The summed E-state index contributed by atoms with van der Waals surface area (Å²) in [7, 11) is 0. The molecule has 0 spiro atoms. The van der Waals surface area contributed by atoms with Crippen LogP contribution in [0.3, 0.4) is 0 Å². The molecule has 1 N–H and O–H groups in total. The third-order valence-electron chi connectivity index (χ3n) is 5.61. The van der Waals surface area contributed by atoms with E-state index in [4.69, 9.17) is 0 Å². The van der Waals surface area contributed by atoms with E-state index >= 15 is 0 Å². The molecule has 0 aliphatic rings. The predicted octanol–water partition coefficient (Wildman–Crippen LogP) is 2.96. The zero-order chi connectivity index (χ0) is 21.4. The highest BCUT2D eigenvalue weighted by molar-refractivity contribution is 5.94. The Balaban J connectivity index is 0.00000289. The molecule has 0 aromatic heterocycles. The van der Waals surface area contributed by atoms with Crippen molar-refractivity contribution in [2.24, 2.45) is 0 Å². The highest BCUT2D eigenvalue weighted by Gasteiger charge is 2.33. The lowest BCUT2D eigenvalue weighted by molar-refractivity contribution is -0.0000145. The number of benzene rings is 4. The first-order valence-corrected chi connectivity index (χ1v) is 10.6. The first kappa shape index (κ1) is 23.3. The SMILES string of the molecule is O=C(NCC[N+](Cc1ccccc1)(c1ccccc1)c1ccccc1)c1ccccc1.[Cl-]. The van der Waals surface area contributed by atoms with Gasteiger partial charge in [-0.2, -0.15) is 0 Å². The smallest absolute Gasteiger partial charge is 0.251 e. The molecule has 0 unspecified atom stereocenters. The van der Waals surface area contributed by atoms with Crippen LogP contribution in [0.25, 0.3) is 0 Å². The van der Waals surface area contributed by atoms with Crippen LogP contribution in [0.4, 0.5) is 11.4 Å². The quantitative estimate of drug-likeness (QED) is 0.418. The van der Waals surface area contributed by atoms with Crippen molar-refractivity contribution in [2.45, 2.75) is 6.54 Å². The van der Waals surface area contributed by atoms with Gasteiger partial charge in [0.25, 0.3) is 5.91 Å². The van der Waals surface area contributed by atoms with E-state index in [0.29, 0.717) is 16.6 Å². The minimum absolute atomic E-state index is 0. The molecule has 0 atom stereocenters. The van der Waals surface area contributed by atoms with Gasteiger partial charge in [0.05, 0.1) is 6.54 Å². The summed E-state index contributed by atoms with van der Waals surface area (Å²) in [4.78, 5) is 12.6. The molecule has 0 aliphatic heterocycles. The lowest BCUT2D eigenvalue weighted by atomic mass is 10.1. The second kappa shape index (κ2) is 11.3. The topological polar surface area (TPSA) is 29.1 Å². The van der Waals surface area contributed by atoms with Crippen molar-refractivity contribution in [1.82, 2.24) is 9.80 Å². The molecule has 0 radical (unpaired) electrons. The average molecular weight is 443 g/mol. The zero-order valence-electron chi connectivity index (χ0n) is 17.9. The zero-order valence-corrected chi connectivity index (χ0v) is 18.7. The summed E-state index contributed by atoms with van der Waals surface area (Å²) in [6, 6.07) is 41.0. The van der Waals surface area contributed by atoms with Crippen molar-refractivity contribution in [3.05, 3.63) is 132 Å². The van der Waals surface area contributed by atoms with E-state index in [1.165, 1.54) is 16.9 Å². The van der Waals surface area contributed by atoms with Crippen LogP contribution < -0.4 is 22.2 Å². The van der Waals surface area contributed by atoms with Gasteiger partial charge in [-0.3, -0.25) is 9.28 Å². The Hall–Kier alpha value is -3.40. The van der Waals surface area contributed by atoms with E-state index in [9.17, 15) is 4.79 Å². The molecule has 32 heavy (non-hydrogen) atoms. The summed E-state index contributed by atoms with van der Waals surface area (Å²) in [5.74, 6) is -0.0421. The summed E-state index contributed by atoms with van der Waals surface area (Å²) in [5.41, 5.74) is 4.34. The first-order chi connectivity index (χ1) is 15.3. The molecule has 3 nitrogen and oxygen atoms in total. The van der Waals surface area contributed by atoms with Gasteiger partial charge in [0.1, 0.15) is 24.5 Å². The van der Waals surface area contributed by atoms with Crippen LogP contribution >= 0.6 is 0 Å². The molecule has 0 heterocycles. The third-order valence-corrected chi connectivity index (χ3v) is 5.61. The first-order valence-electron chi connectivity index (χ1n) is 10.6. The number of hydrogen-bond donors (Lipinski definition) is 1. The van der Waals surface area contributed by atoms with Crippen LogP contribution in [0, 0.1) is 0 Å². The van der Waals surface area contributed by atoms with E-state index in [2.05, 4.69) is 78.1 Å². The summed E-state index contributed by atoms with van der Waals surface area (Å²) in [5, 5.41) is 3.12. The van der Waals surface area contributed by atoms with Crippen LogP contribution in [0.5, 0.6) is 0 Å². The molecular formula is C28H27ClN2O. The number of carbonyl (C=O) groups excluding carboxylic acids is 1. The summed E-state index contributed by atoms with van der Waals surface area (Å²) in [6.45, 7) is 2.10. The van der Waals surface area contributed by atoms with Crippen molar-refractivity contribution >= 4 is 17.3 Å². The molecule has 4 aromatic rings. The van der Waals surface area contributed by atoms with Crippen LogP contribution in [0.2, 0.25) is 0 Å². The Kier molecular flexibility index (Phi) is 8.20. The maximum Gasteiger partial charge on any atom is 0.251 e. The minimum Gasteiger partial charge on any atom is -1.00 e. The average Bonchev–Trinajstić information content (AvgIpc) is 2.85. The monoisotopic (exact) mass is 442 g/mol. The summed E-state index contributed by atoms with van der Waals surface area (Å²) >= 11 is 0. The van der Waals surface area contributed by atoms with Gasteiger partial charge >= 0.3 is 0 Å². The third kappa shape index (κ3) is 5.44. The molecule has 0 bridgehead atoms. The molecular weight excluding hydrogens is 416 g/mol. The molecule has 4 rings (SSSR count). The van der Waals surface area contributed by atoms with Crippen molar-refractivity contribution < 1.29 is 17.2 Å². The Bertz CT molecular complexity index is 1050. The van der Waals surface area contributed by atoms with Crippen molar-refractivity contribution in [3.63, 3.8) is 0 Å². The van der Waals surface area contributed by atoms with Gasteiger partial charge in [-0.1, -0.05) is 84.9 Å². The fraction of sp³-hybridized carbons (Fsp3) is 0.107. The van der Waals surface area contributed by atoms with Crippen LogP contribution in [-0.4, -0.2) is 19.0 Å². The molecule has 0 fully saturated rings. The molecule has 0 saturated carbocycles. The fourth-order valence-corrected chi connectivity index (χ4v) is 4.04. The number of amides is 1. The number of para-hydroxylation sites is 2. The second-order valence-corrected chi connectivity index (χ2v) is 7.63. The van der Waals surface area contributed by atoms with Crippen molar-refractivity contribution in [1.29, 1.82) is 0 Å². The Morgan fingerprint density at radius 1 is 0.625 bits per heavy atom. The molecule has 4 aromatic carbocycles.